The number of benzene rings is 1. The number of likely N-dealkylation sites (N-methyl/N-ethyl adjacent to an activating group) is 1. The van der Waals surface area contributed by atoms with Gasteiger partial charge < -0.3 is 10.2 Å². The van der Waals surface area contributed by atoms with E-state index in [0.717, 1.165) is 36.9 Å². The summed E-state index contributed by atoms with van der Waals surface area (Å²) in [4.78, 5) is 27.7. The highest BCUT2D eigenvalue weighted by Gasteiger charge is 2.65. The predicted molar refractivity (Wildman–Crippen MR) is 83.1 cm³/mol. The number of anilines is 1. The second kappa shape index (κ2) is 4.56. The lowest BCUT2D eigenvalue weighted by Crippen LogP contribution is -2.56. The molecule has 1 aromatic rings. The van der Waals surface area contributed by atoms with Crippen LogP contribution in [0.5, 0.6) is 0 Å². The fraction of sp³-hybridized carbons (Fsp3) is 0.529. The van der Waals surface area contributed by atoms with E-state index in [4.69, 9.17) is 0 Å². The number of nitrogens with zero attached hydrogens (tertiary/aromatic N) is 1. The Morgan fingerprint density at radius 2 is 1.86 bits per heavy atom. The highest BCUT2D eigenvalue weighted by molar-refractivity contribution is 6.10. The number of fused-ring (bicyclic) bond motifs is 2. The topological polar surface area (TPSA) is 61.4 Å². The molecule has 0 unspecified atom stereocenters. The molecule has 1 aliphatic carbocycles. The van der Waals surface area contributed by atoms with Crippen molar-refractivity contribution < 1.29 is 9.59 Å². The summed E-state index contributed by atoms with van der Waals surface area (Å²) in [6.07, 6.45) is 4.88. The van der Waals surface area contributed by atoms with Crippen molar-refractivity contribution in [1.29, 1.82) is 0 Å². The Kier molecular flexibility index (Phi) is 2.85. The van der Waals surface area contributed by atoms with Crippen molar-refractivity contribution in [3.63, 3.8) is 0 Å². The van der Waals surface area contributed by atoms with Crippen LogP contribution in [0.1, 0.15) is 44.6 Å². The number of rotatable bonds is 1. The van der Waals surface area contributed by atoms with E-state index < -0.39 is 11.2 Å². The number of carbonyl (C=O) groups excluding carboxylic acids is 2. The van der Waals surface area contributed by atoms with E-state index in [1.54, 1.807) is 4.90 Å². The van der Waals surface area contributed by atoms with Crippen LogP contribution in [0.15, 0.2) is 24.3 Å². The molecule has 0 aromatic heterocycles. The zero-order valence-corrected chi connectivity index (χ0v) is 12.8. The Morgan fingerprint density at radius 3 is 2.59 bits per heavy atom. The van der Waals surface area contributed by atoms with Crippen LogP contribution in [0, 0.1) is 0 Å². The van der Waals surface area contributed by atoms with Crippen LogP contribution in [-0.2, 0) is 15.3 Å². The van der Waals surface area contributed by atoms with Crippen LogP contribution in [0.2, 0.25) is 0 Å². The summed E-state index contributed by atoms with van der Waals surface area (Å²) in [6.45, 7) is 2.47. The smallest absolute Gasteiger partial charge is 0.270 e. The normalized spacial score (nSPS) is 29.2. The van der Waals surface area contributed by atoms with Crippen molar-refractivity contribution in [3.8, 4) is 0 Å². The van der Waals surface area contributed by atoms with Gasteiger partial charge in [-0.3, -0.25) is 14.9 Å². The largest absolute Gasteiger partial charge is 0.322 e. The van der Waals surface area contributed by atoms with Gasteiger partial charge in [0.25, 0.3) is 5.91 Å². The van der Waals surface area contributed by atoms with Gasteiger partial charge in [0.1, 0.15) is 5.54 Å². The molecule has 116 valence electrons. The summed E-state index contributed by atoms with van der Waals surface area (Å²) in [7, 11) is 0. The summed E-state index contributed by atoms with van der Waals surface area (Å²) in [5, 5.41) is 6.44. The zero-order valence-electron chi connectivity index (χ0n) is 12.8. The van der Waals surface area contributed by atoms with E-state index in [2.05, 4.69) is 10.6 Å². The molecular weight excluding hydrogens is 278 g/mol. The van der Waals surface area contributed by atoms with Crippen LogP contribution in [0.3, 0.4) is 0 Å². The van der Waals surface area contributed by atoms with Crippen molar-refractivity contribution >= 4 is 17.5 Å². The highest BCUT2D eigenvalue weighted by Crippen LogP contribution is 2.47. The third-order valence-corrected chi connectivity index (χ3v) is 5.40. The molecule has 1 aromatic carbocycles. The number of para-hydroxylation sites is 1. The predicted octanol–water partition coefficient (Wildman–Crippen LogP) is 1.95. The molecule has 1 saturated heterocycles. The summed E-state index contributed by atoms with van der Waals surface area (Å²) in [5.41, 5.74) is 0.0831. The standard InChI is InChI=1S/C17H21N3O2/c1-2-20-15(22)16(10-6-3-7-11-16)19-17(20)12-8-4-5-9-13(12)18-14(17)21/h4-5,8-9,19H,2-3,6-7,10-11H2,1H3,(H,18,21)/t17-/m1/s1. The van der Waals surface area contributed by atoms with E-state index in [0.29, 0.717) is 6.54 Å². The molecule has 2 heterocycles. The van der Waals surface area contributed by atoms with Gasteiger partial charge in [0, 0.05) is 17.8 Å². The van der Waals surface area contributed by atoms with Crippen LogP contribution in [0.4, 0.5) is 5.69 Å². The van der Waals surface area contributed by atoms with E-state index in [9.17, 15) is 9.59 Å². The van der Waals surface area contributed by atoms with Gasteiger partial charge in [0.15, 0.2) is 0 Å². The van der Waals surface area contributed by atoms with Crippen molar-refractivity contribution in [3.05, 3.63) is 29.8 Å². The lowest BCUT2D eigenvalue weighted by atomic mass is 9.81. The molecule has 2 spiro atoms. The first-order valence-corrected chi connectivity index (χ1v) is 8.16. The Balaban J connectivity index is 1.87. The van der Waals surface area contributed by atoms with E-state index in [-0.39, 0.29) is 11.8 Å². The minimum absolute atomic E-state index is 0.0848. The molecule has 2 fully saturated rings. The second-order valence-electron chi connectivity index (χ2n) is 6.53. The van der Waals surface area contributed by atoms with E-state index in [1.165, 1.54) is 6.42 Å². The Bertz CT molecular complexity index is 651. The first-order chi connectivity index (χ1) is 10.6. The third-order valence-electron chi connectivity index (χ3n) is 5.40. The molecule has 22 heavy (non-hydrogen) atoms. The number of hydrogen-bond donors (Lipinski definition) is 2. The molecule has 2 amide bonds. The van der Waals surface area contributed by atoms with Gasteiger partial charge in [-0.15, -0.1) is 0 Å². The first-order valence-electron chi connectivity index (χ1n) is 8.16. The van der Waals surface area contributed by atoms with Crippen LogP contribution >= 0.6 is 0 Å². The summed E-state index contributed by atoms with van der Waals surface area (Å²) < 4.78 is 0. The van der Waals surface area contributed by atoms with Crippen molar-refractivity contribution in [1.82, 2.24) is 10.2 Å². The lowest BCUT2D eigenvalue weighted by Gasteiger charge is -2.33. The highest BCUT2D eigenvalue weighted by atomic mass is 16.2. The molecule has 1 atom stereocenters. The fourth-order valence-corrected chi connectivity index (χ4v) is 4.39. The van der Waals surface area contributed by atoms with Crippen molar-refractivity contribution in [2.24, 2.45) is 0 Å². The maximum Gasteiger partial charge on any atom is 0.270 e. The lowest BCUT2D eigenvalue weighted by molar-refractivity contribution is -0.140. The van der Waals surface area contributed by atoms with Gasteiger partial charge in [-0.25, -0.2) is 0 Å². The van der Waals surface area contributed by atoms with E-state index in [1.807, 2.05) is 31.2 Å². The summed E-state index contributed by atoms with van der Waals surface area (Å²) in [6, 6.07) is 7.67. The van der Waals surface area contributed by atoms with Crippen LogP contribution in [-0.4, -0.2) is 28.8 Å². The SMILES string of the molecule is CCN1C(=O)C2(CCCCC2)N[C@@]12C(=O)Nc1ccccc12. The quantitative estimate of drug-likeness (QED) is 0.833. The number of amides is 2. The number of carbonyl (C=O) groups is 2. The van der Waals surface area contributed by atoms with Gasteiger partial charge in [-0.05, 0) is 25.8 Å². The average molecular weight is 299 g/mol. The Labute approximate surface area is 130 Å². The molecule has 0 radical (unpaired) electrons. The second-order valence-corrected chi connectivity index (χ2v) is 6.53. The zero-order chi connectivity index (χ0) is 15.4. The molecule has 5 nitrogen and oxygen atoms in total. The minimum Gasteiger partial charge on any atom is -0.322 e. The summed E-state index contributed by atoms with van der Waals surface area (Å²) >= 11 is 0. The number of hydrogen-bond acceptors (Lipinski definition) is 3. The molecule has 5 heteroatoms. The van der Waals surface area contributed by atoms with Gasteiger partial charge in [0.05, 0.1) is 0 Å². The molecule has 4 rings (SSSR count). The molecule has 2 aliphatic heterocycles. The monoisotopic (exact) mass is 299 g/mol. The molecule has 1 saturated carbocycles. The van der Waals surface area contributed by atoms with Crippen LogP contribution < -0.4 is 10.6 Å². The fourth-order valence-electron chi connectivity index (χ4n) is 4.39. The summed E-state index contributed by atoms with van der Waals surface area (Å²) in [5.74, 6) is -0.0482. The maximum atomic E-state index is 13.1. The van der Waals surface area contributed by atoms with Crippen LogP contribution in [0.25, 0.3) is 0 Å². The maximum absolute atomic E-state index is 13.1. The van der Waals surface area contributed by atoms with Gasteiger partial charge >= 0.3 is 0 Å². The Hall–Kier alpha value is -1.88. The van der Waals surface area contributed by atoms with E-state index >= 15 is 0 Å². The first kappa shape index (κ1) is 13.8. The molecule has 0 bridgehead atoms. The minimum atomic E-state index is -1.03. The molecular formula is C17H21N3O2. The molecule has 3 aliphatic rings. The number of nitrogens with one attached hydrogen (secondary N) is 2. The van der Waals surface area contributed by atoms with Gasteiger partial charge in [-0.2, -0.15) is 0 Å². The van der Waals surface area contributed by atoms with Crippen molar-refractivity contribution in [2.75, 3.05) is 11.9 Å². The van der Waals surface area contributed by atoms with Gasteiger partial charge in [-0.1, -0.05) is 37.5 Å². The van der Waals surface area contributed by atoms with Crippen molar-refractivity contribution in [2.45, 2.75) is 50.2 Å². The average Bonchev–Trinajstić information content (AvgIpc) is 2.94. The Morgan fingerprint density at radius 1 is 1.14 bits per heavy atom. The van der Waals surface area contributed by atoms with Gasteiger partial charge in [0.2, 0.25) is 11.6 Å². The third kappa shape index (κ3) is 1.52. The molecule has 2 N–H and O–H groups in total.